The first-order valence-electron chi connectivity index (χ1n) is 10.5. The predicted molar refractivity (Wildman–Crippen MR) is 126 cm³/mol. The lowest BCUT2D eigenvalue weighted by Crippen LogP contribution is -2.23. The molecule has 0 fully saturated rings. The minimum Gasteiger partial charge on any atom is -0.397 e. The molecule has 1 aliphatic heterocycles. The number of carbonyl (C=O) groups is 2. The average Bonchev–Trinajstić information content (AvgIpc) is 3.16. The van der Waals surface area contributed by atoms with Crippen LogP contribution in [0.5, 0.6) is 0 Å². The highest BCUT2D eigenvalue weighted by Gasteiger charge is 2.27. The summed E-state index contributed by atoms with van der Waals surface area (Å²) in [6.07, 6.45) is 5.01. The number of carbonyl (C=O) groups excluding carboxylic acids is 2. The van der Waals surface area contributed by atoms with Crippen molar-refractivity contribution in [3.63, 3.8) is 0 Å². The summed E-state index contributed by atoms with van der Waals surface area (Å²) >= 11 is 0. The van der Waals surface area contributed by atoms with E-state index in [2.05, 4.69) is 15.3 Å². The number of aromatic nitrogens is 2. The minimum atomic E-state index is -0.235. The zero-order valence-electron chi connectivity index (χ0n) is 17.7. The molecule has 33 heavy (non-hydrogen) atoms. The number of nitrogens with one attached hydrogen (secondary N) is 1. The molecule has 0 saturated heterocycles. The molecule has 0 bridgehead atoms. The third-order valence-corrected chi connectivity index (χ3v) is 5.68. The predicted octanol–water partition coefficient (Wildman–Crippen LogP) is 4.13. The van der Waals surface area contributed by atoms with E-state index in [1.54, 1.807) is 41.6 Å². The standard InChI is InChI=1S/C26H21N5O2/c27-23-3-1-2-4-24(23)30-25(32)18-7-5-17(6-8-18)14-31-15-20-11-19(9-10-22(20)26(31)33)21-12-28-16-29-13-21/h1-13,16H,14-15,27H2,(H,30,32). The Kier molecular flexibility index (Phi) is 5.28. The van der Waals surface area contributed by atoms with E-state index in [9.17, 15) is 9.59 Å². The highest BCUT2D eigenvalue weighted by atomic mass is 16.2. The fourth-order valence-electron chi connectivity index (χ4n) is 3.92. The molecule has 4 aromatic rings. The van der Waals surface area contributed by atoms with Crippen LogP contribution in [0, 0.1) is 0 Å². The van der Waals surface area contributed by atoms with Gasteiger partial charge in [-0.2, -0.15) is 0 Å². The van der Waals surface area contributed by atoms with Crippen molar-refractivity contribution in [3.8, 4) is 11.1 Å². The number of hydrogen-bond donors (Lipinski definition) is 2. The highest BCUT2D eigenvalue weighted by molar-refractivity contribution is 6.05. The SMILES string of the molecule is Nc1ccccc1NC(=O)c1ccc(CN2Cc3cc(-c4cncnc4)ccc3C2=O)cc1. The lowest BCUT2D eigenvalue weighted by Gasteiger charge is -2.16. The number of benzene rings is 3. The Morgan fingerprint density at radius 3 is 2.48 bits per heavy atom. The maximum absolute atomic E-state index is 12.9. The summed E-state index contributed by atoms with van der Waals surface area (Å²) in [5.41, 5.74) is 12.1. The van der Waals surface area contributed by atoms with Gasteiger partial charge < -0.3 is 16.0 Å². The molecule has 3 aromatic carbocycles. The maximum Gasteiger partial charge on any atom is 0.255 e. The molecule has 7 nitrogen and oxygen atoms in total. The molecular weight excluding hydrogens is 414 g/mol. The molecule has 0 unspecified atom stereocenters. The van der Waals surface area contributed by atoms with Crippen molar-refractivity contribution in [1.29, 1.82) is 0 Å². The van der Waals surface area contributed by atoms with Gasteiger partial charge in [0.1, 0.15) is 6.33 Å². The van der Waals surface area contributed by atoms with Crippen LogP contribution in [0.25, 0.3) is 11.1 Å². The summed E-state index contributed by atoms with van der Waals surface area (Å²) in [5, 5.41) is 2.82. The van der Waals surface area contributed by atoms with E-state index in [-0.39, 0.29) is 11.8 Å². The molecule has 7 heteroatoms. The summed E-state index contributed by atoms with van der Waals surface area (Å²) in [6.45, 7) is 0.996. The van der Waals surface area contributed by atoms with Gasteiger partial charge in [0.2, 0.25) is 0 Å². The molecule has 3 N–H and O–H groups in total. The molecule has 5 rings (SSSR count). The number of hydrogen-bond acceptors (Lipinski definition) is 5. The second-order valence-electron chi connectivity index (χ2n) is 7.90. The number of para-hydroxylation sites is 2. The Morgan fingerprint density at radius 2 is 1.73 bits per heavy atom. The summed E-state index contributed by atoms with van der Waals surface area (Å²) in [7, 11) is 0. The van der Waals surface area contributed by atoms with Crippen molar-refractivity contribution >= 4 is 23.2 Å². The van der Waals surface area contributed by atoms with E-state index in [1.165, 1.54) is 6.33 Å². The Hall–Kier alpha value is -4.52. The number of nitrogen functional groups attached to an aromatic ring is 1. The van der Waals surface area contributed by atoms with Crippen LogP contribution in [-0.2, 0) is 13.1 Å². The number of fused-ring (bicyclic) bond motifs is 1. The number of nitrogens with two attached hydrogens (primary N) is 1. The fraction of sp³-hybridized carbons (Fsp3) is 0.0769. The molecule has 0 saturated carbocycles. The third-order valence-electron chi connectivity index (χ3n) is 5.68. The van der Waals surface area contributed by atoms with Crippen LogP contribution in [0.1, 0.15) is 31.8 Å². The number of rotatable bonds is 5. The van der Waals surface area contributed by atoms with Gasteiger partial charge in [0.25, 0.3) is 11.8 Å². The smallest absolute Gasteiger partial charge is 0.255 e. The first kappa shape index (κ1) is 20.4. The van der Waals surface area contributed by atoms with Crippen molar-refractivity contribution < 1.29 is 9.59 Å². The van der Waals surface area contributed by atoms with Crippen LogP contribution in [0.15, 0.2) is 85.5 Å². The van der Waals surface area contributed by atoms with Gasteiger partial charge in [-0.05, 0) is 53.1 Å². The van der Waals surface area contributed by atoms with Gasteiger partial charge in [0.05, 0.1) is 11.4 Å². The zero-order valence-corrected chi connectivity index (χ0v) is 17.7. The fourth-order valence-corrected chi connectivity index (χ4v) is 3.92. The lowest BCUT2D eigenvalue weighted by molar-refractivity contribution is 0.0766. The van der Waals surface area contributed by atoms with Crippen LogP contribution >= 0.6 is 0 Å². The van der Waals surface area contributed by atoms with E-state index < -0.39 is 0 Å². The van der Waals surface area contributed by atoms with E-state index in [0.717, 1.165) is 22.3 Å². The summed E-state index contributed by atoms with van der Waals surface area (Å²) in [5.74, 6) is -0.233. The van der Waals surface area contributed by atoms with Crippen molar-refractivity contribution in [1.82, 2.24) is 14.9 Å². The van der Waals surface area contributed by atoms with Crippen molar-refractivity contribution in [2.24, 2.45) is 0 Å². The summed E-state index contributed by atoms with van der Waals surface area (Å²) < 4.78 is 0. The quantitative estimate of drug-likeness (QED) is 0.459. The van der Waals surface area contributed by atoms with Crippen LogP contribution in [-0.4, -0.2) is 26.7 Å². The van der Waals surface area contributed by atoms with Gasteiger partial charge in [0.15, 0.2) is 0 Å². The van der Waals surface area contributed by atoms with Crippen LogP contribution in [0.4, 0.5) is 11.4 Å². The van der Waals surface area contributed by atoms with Gasteiger partial charge in [0, 0.05) is 42.2 Å². The van der Waals surface area contributed by atoms with Gasteiger partial charge in [-0.15, -0.1) is 0 Å². The number of nitrogens with zero attached hydrogens (tertiary/aromatic N) is 3. The van der Waals surface area contributed by atoms with Crippen molar-refractivity contribution in [2.75, 3.05) is 11.1 Å². The van der Waals surface area contributed by atoms with E-state index in [0.29, 0.717) is 35.6 Å². The first-order valence-corrected chi connectivity index (χ1v) is 10.5. The number of anilines is 2. The second-order valence-corrected chi connectivity index (χ2v) is 7.90. The number of amides is 2. The normalized spacial score (nSPS) is 12.5. The summed E-state index contributed by atoms with van der Waals surface area (Å²) in [6, 6.07) is 20.2. The Labute approximate surface area is 190 Å². The van der Waals surface area contributed by atoms with E-state index in [4.69, 9.17) is 5.73 Å². The molecule has 1 aromatic heterocycles. The Balaban J connectivity index is 1.27. The average molecular weight is 435 g/mol. The Morgan fingerprint density at radius 1 is 0.970 bits per heavy atom. The van der Waals surface area contributed by atoms with Gasteiger partial charge >= 0.3 is 0 Å². The molecule has 1 aliphatic rings. The highest BCUT2D eigenvalue weighted by Crippen LogP contribution is 2.29. The van der Waals surface area contributed by atoms with Gasteiger partial charge in [-0.3, -0.25) is 9.59 Å². The van der Waals surface area contributed by atoms with Crippen molar-refractivity contribution in [3.05, 3.63) is 108 Å². The maximum atomic E-state index is 12.9. The molecular formula is C26H21N5O2. The zero-order chi connectivity index (χ0) is 22.8. The van der Waals surface area contributed by atoms with E-state index >= 15 is 0 Å². The Bertz CT molecular complexity index is 1340. The minimum absolute atomic E-state index is 0.00207. The van der Waals surface area contributed by atoms with Crippen LogP contribution in [0.3, 0.4) is 0 Å². The summed E-state index contributed by atoms with van der Waals surface area (Å²) in [4.78, 5) is 35.3. The molecule has 2 heterocycles. The molecule has 0 spiro atoms. The van der Waals surface area contributed by atoms with Crippen LogP contribution in [0.2, 0.25) is 0 Å². The van der Waals surface area contributed by atoms with Crippen LogP contribution < -0.4 is 11.1 Å². The van der Waals surface area contributed by atoms with Gasteiger partial charge in [-0.25, -0.2) is 9.97 Å². The first-order chi connectivity index (χ1) is 16.1. The monoisotopic (exact) mass is 435 g/mol. The molecule has 0 aliphatic carbocycles. The molecule has 2 amide bonds. The van der Waals surface area contributed by atoms with E-state index in [1.807, 2.05) is 42.5 Å². The third kappa shape index (κ3) is 4.16. The largest absolute Gasteiger partial charge is 0.397 e. The molecule has 0 atom stereocenters. The molecule has 162 valence electrons. The molecule has 0 radical (unpaired) electrons. The lowest BCUT2D eigenvalue weighted by atomic mass is 10.0. The van der Waals surface area contributed by atoms with Gasteiger partial charge in [-0.1, -0.05) is 30.3 Å². The topological polar surface area (TPSA) is 101 Å². The van der Waals surface area contributed by atoms with Crippen molar-refractivity contribution in [2.45, 2.75) is 13.1 Å². The second kappa shape index (κ2) is 8.55.